The van der Waals surface area contributed by atoms with Crippen molar-refractivity contribution in [3.05, 3.63) is 36.5 Å². The third kappa shape index (κ3) is 1.54. The molecule has 12 heavy (non-hydrogen) atoms. The summed E-state index contributed by atoms with van der Waals surface area (Å²) in [6, 6.07) is -0.540. The molecule has 1 atom stereocenters. The van der Waals surface area contributed by atoms with Crippen LogP contribution in [0.15, 0.2) is 36.5 Å². The van der Waals surface area contributed by atoms with Crippen molar-refractivity contribution in [2.45, 2.75) is 6.04 Å². The lowest BCUT2D eigenvalue weighted by atomic mass is 10.0. The van der Waals surface area contributed by atoms with Gasteiger partial charge in [0.15, 0.2) is 0 Å². The fourth-order valence-corrected chi connectivity index (χ4v) is 1.66. The average Bonchev–Trinajstić information content (AvgIpc) is 2.03. The molecule has 1 aliphatic carbocycles. The minimum absolute atomic E-state index is 0.201. The van der Waals surface area contributed by atoms with E-state index in [1.165, 1.54) is 6.08 Å². The highest BCUT2D eigenvalue weighted by Gasteiger charge is 2.15. The molecular weight excluding hydrogens is 174 g/mol. The second-order valence-electron chi connectivity index (χ2n) is 2.34. The molecule has 0 bridgehead atoms. The van der Waals surface area contributed by atoms with Crippen molar-refractivity contribution in [1.82, 2.24) is 0 Å². The van der Waals surface area contributed by atoms with E-state index in [4.69, 9.17) is 5.73 Å². The Morgan fingerprint density at radius 2 is 2.25 bits per heavy atom. The lowest BCUT2D eigenvalue weighted by Gasteiger charge is -2.11. The van der Waals surface area contributed by atoms with Gasteiger partial charge in [-0.1, -0.05) is 30.9 Å². The van der Waals surface area contributed by atoms with Crippen LogP contribution >= 0.6 is 0 Å². The summed E-state index contributed by atoms with van der Waals surface area (Å²) in [5.74, 6) is 0. The van der Waals surface area contributed by atoms with Crippen molar-refractivity contribution in [1.29, 1.82) is 0 Å². The van der Waals surface area contributed by atoms with Crippen molar-refractivity contribution in [3.8, 4) is 0 Å². The van der Waals surface area contributed by atoms with Gasteiger partial charge in [0.2, 0.25) is 10.3 Å². The average molecular weight is 183 g/mol. The zero-order chi connectivity index (χ0) is 9.14. The monoisotopic (exact) mass is 183 g/mol. The number of hydrogen-bond acceptors (Lipinski definition) is 3. The van der Waals surface area contributed by atoms with Crippen LogP contribution < -0.4 is 5.73 Å². The quantitative estimate of drug-likeness (QED) is 0.584. The summed E-state index contributed by atoms with van der Waals surface area (Å²) in [7, 11) is -2.26. The first kappa shape index (κ1) is 8.96. The summed E-state index contributed by atoms with van der Waals surface area (Å²) in [6.45, 7) is 3.50. The van der Waals surface area contributed by atoms with Crippen LogP contribution in [0.4, 0.5) is 0 Å². The molecule has 0 saturated heterocycles. The van der Waals surface area contributed by atoms with Gasteiger partial charge in [0.25, 0.3) is 0 Å². The predicted octanol–water partition coefficient (Wildman–Crippen LogP) is 0.0474. The van der Waals surface area contributed by atoms with Crippen LogP contribution in [-0.2, 0) is 10.3 Å². The molecule has 4 heteroatoms. The Morgan fingerprint density at radius 3 is 2.67 bits per heavy atom. The van der Waals surface area contributed by atoms with Gasteiger partial charge in [0.1, 0.15) is 0 Å². The summed E-state index contributed by atoms with van der Waals surface area (Å²) in [4.78, 5) is 0.201. The Morgan fingerprint density at radius 1 is 1.58 bits per heavy atom. The molecule has 64 valence electrons. The molecule has 0 aromatic carbocycles. The minimum atomic E-state index is -2.26. The van der Waals surface area contributed by atoms with Gasteiger partial charge in [-0.15, -0.1) is 0 Å². The van der Waals surface area contributed by atoms with E-state index in [0.29, 0.717) is 5.57 Å². The summed E-state index contributed by atoms with van der Waals surface area (Å²) >= 11 is 0. The zero-order valence-corrected chi connectivity index (χ0v) is 7.21. The molecule has 0 radical (unpaired) electrons. The summed E-state index contributed by atoms with van der Waals surface area (Å²) in [6.07, 6.45) is 6.49. The van der Waals surface area contributed by atoms with Crippen LogP contribution in [0.25, 0.3) is 0 Å². The second kappa shape index (κ2) is 3.51. The molecule has 0 aromatic heterocycles. The zero-order valence-electron chi connectivity index (χ0n) is 6.40. The molecule has 0 spiro atoms. The third-order valence-corrected chi connectivity index (χ3v) is 2.45. The van der Waals surface area contributed by atoms with Gasteiger partial charge in [0.05, 0.1) is 10.9 Å². The van der Waals surface area contributed by atoms with E-state index in [2.05, 4.69) is 6.58 Å². The van der Waals surface area contributed by atoms with Crippen LogP contribution in [0.5, 0.6) is 0 Å². The van der Waals surface area contributed by atoms with Crippen molar-refractivity contribution >= 4 is 15.2 Å². The van der Waals surface area contributed by atoms with Crippen molar-refractivity contribution in [2.24, 2.45) is 5.73 Å². The first-order valence-corrected chi connectivity index (χ1v) is 4.47. The largest absolute Gasteiger partial charge is 0.320 e. The standard InChI is InChI=1S/C8H9NO2S/c1-2-6-4-3-5-7(9)8(6)12(10)11/h2-5,7H,1,9H2. The molecule has 3 nitrogen and oxygen atoms in total. The molecule has 1 rings (SSSR count). The molecule has 0 amide bonds. The summed E-state index contributed by atoms with van der Waals surface area (Å²) in [5.41, 5.74) is 6.11. The van der Waals surface area contributed by atoms with Gasteiger partial charge in [-0.3, -0.25) is 0 Å². The predicted molar refractivity (Wildman–Crippen MR) is 49.3 cm³/mol. The van der Waals surface area contributed by atoms with E-state index in [9.17, 15) is 8.42 Å². The van der Waals surface area contributed by atoms with E-state index in [1.54, 1.807) is 18.2 Å². The van der Waals surface area contributed by atoms with Gasteiger partial charge >= 0.3 is 0 Å². The van der Waals surface area contributed by atoms with E-state index in [0.717, 1.165) is 0 Å². The van der Waals surface area contributed by atoms with E-state index >= 15 is 0 Å². The molecular formula is C8H9NO2S. The molecule has 0 heterocycles. The second-order valence-corrected chi connectivity index (χ2v) is 3.25. The van der Waals surface area contributed by atoms with Gasteiger partial charge in [-0.2, -0.15) is 8.42 Å². The fourth-order valence-electron chi connectivity index (χ4n) is 1.02. The van der Waals surface area contributed by atoms with Crippen LogP contribution in [0.1, 0.15) is 0 Å². The SMILES string of the molecule is C=CC1=CC=CC(N)C1=S(=O)=O. The molecule has 1 unspecified atom stereocenters. The molecule has 1 aliphatic rings. The van der Waals surface area contributed by atoms with Crippen LogP contribution in [-0.4, -0.2) is 19.3 Å². The highest BCUT2D eigenvalue weighted by Crippen LogP contribution is 2.08. The third-order valence-electron chi connectivity index (χ3n) is 1.58. The van der Waals surface area contributed by atoms with Gasteiger partial charge in [0, 0.05) is 0 Å². The van der Waals surface area contributed by atoms with Crippen LogP contribution in [0, 0.1) is 0 Å². The lowest BCUT2D eigenvalue weighted by molar-refractivity contribution is 0.626. The van der Waals surface area contributed by atoms with E-state index < -0.39 is 16.3 Å². The van der Waals surface area contributed by atoms with Crippen molar-refractivity contribution in [3.63, 3.8) is 0 Å². The van der Waals surface area contributed by atoms with Crippen molar-refractivity contribution in [2.75, 3.05) is 0 Å². The van der Waals surface area contributed by atoms with Crippen molar-refractivity contribution < 1.29 is 8.42 Å². The number of nitrogens with two attached hydrogens (primary N) is 1. The minimum Gasteiger partial charge on any atom is -0.320 e. The Labute approximate surface area is 72.4 Å². The summed E-state index contributed by atoms with van der Waals surface area (Å²) in [5, 5.41) is 0. The highest BCUT2D eigenvalue weighted by atomic mass is 32.2. The van der Waals surface area contributed by atoms with Crippen LogP contribution in [0.3, 0.4) is 0 Å². The van der Waals surface area contributed by atoms with Gasteiger partial charge < -0.3 is 5.73 Å². The van der Waals surface area contributed by atoms with E-state index in [1.807, 2.05) is 0 Å². The molecule has 0 fully saturated rings. The smallest absolute Gasteiger partial charge is 0.219 e. The fraction of sp³-hybridized carbons (Fsp3) is 0.125. The Kier molecular flexibility index (Phi) is 2.62. The Hall–Kier alpha value is -1.13. The maximum Gasteiger partial charge on any atom is 0.219 e. The lowest BCUT2D eigenvalue weighted by Crippen LogP contribution is -2.31. The summed E-state index contributed by atoms with van der Waals surface area (Å²) < 4.78 is 21.4. The molecule has 0 aromatic rings. The maximum absolute atomic E-state index is 10.7. The first-order valence-electron chi connectivity index (χ1n) is 3.40. The van der Waals surface area contributed by atoms with E-state index in [-0.39, 0.29) is 4.86 Å². The van der Waals surface area contributed by atoms with Gasteiger partial charge in [-0.05, 0) is 5.57 Å². The molecule has 0 saturated carbocycles. The number of hydrogen-bond donors (Lipinski definition) is 1. The maximum atomic E-state index is 10.7. The first-order chi connectivity index (χ1) is 5.66. The number of allylic oxidation sites excluding steroid dienone is 3. The highest BCUT2D eigenvalue weighted by molar-refractivity contribution is 7.73. The molecule has 0 aliphatic heterocycles. The topological polar surface area (TPSA) is 60.2 Å². The Bertz CT molecular complexity index is 379. The molecule has 2 N–H and O–H groups in total. The normalized spacial score (nSPS) is 21.9. The van der Waals surface area contributed by atoms with Crippen LogP contribution in [0.2, 0.25) is 0 Å². The number of rotatable bonds is 1. The van der Waals surface area contributed by atoms with Gasteiger partial charge in [-0.25, -0.2) is 0 Å². The Balaban J connectivity index is 3.33.